The van der Waals surface area contributed by atoms with Crippen molar-refractivity contribution in [2.45, 2.75) is 6.42 Å². The number of furan rings is 1. The van der Waals surface area contributed by atoms with E-state index < -0.39 is 0 Å². The number of aromatic amines is 1. The van der Waals surface area contributed by atoms with Crippen LogP contribution in [0.4, 0.5) is 17.3 Å². The normalized spacial score (nSPS) is 10.8. The molecule has 5 aromatic rings. The van der Waals surface area contributed by atoms with E-state index in [9.17, 15) is 9.59 Å². The van der Waals surface area contributed by atoms with Crippen LogP contribution in [0, 0.1) is 0 Å². The molecule has 37 heavy (non-hydrogen) atoms. The molecule has 9 heteroatoms. The first kappa shape index (κ1) is 23.7. The van der Waals surface area contributed by atoms with Crippen molar-refractivity contribution in [2.24, 2.45) is 0 Å². The number of H-pyrrole nitrogens is 1. The monoisotopic (exact) mass is 495 g/mol. The molecular formula is C28H25N5O4. The molecule has 0 aliphatic rings. The number of fused-ring (bicyclic) bond motifs is 1. The molecule has 2 aromatic heterocycles. The number of hydrogen-bond acceptors (Lipinski definition) is 6. The third kappa shape index (κ3) is 5.46. The van der Waals surface area contributed by atoms with E-state index in [1.807, 2.05) is 24.3 Å². The zero-order valence-corrected chi connectivity index (χ0v) is 19.9. The number of nitrogen functional groups attached to an aromatic ring is 1. The molecule has 2 amide bonds. The van der Waals surface area contributed by atoms with Crippen LogP contribution in [-0.4, -0.2) is 35.4 Å². The van der Waals surface area contributed by atoms with Crippen molar-refractivity contribution in [1.29, 1.82) is 0 Å². The van der Waals surface area contributed by atoms with Crippen LogP contribution >= 0.6 is 0 Å². The van der Waals surface area contributed by atoms with Crippen molar-refractivity contribution in [3.63, 3.8) is 0 Å². The van der Waals surface area contributed by atoms with Gasteiger partial charge in [-0.3, -0.25) is 14.5 Å². The number of aromatic nitrogens is 2. The van der Waals surface area contributed by atoms with Crippen LogP contribution in [0.2, 0.25) is 0 Å². The van der Waals surface area contributed by atoms with E-state index in [0.29, 0.717) is 40.6 Å². The summed E-state index contributed by atoms with van der Waals surface area (Å²) < 4.78 is 11.8. The van der Waals surface area contributed by atoms with E-state index in [1.165, 1.54) is 4.90 Å². The van der Waals surface area contributed by atoms with E-state index in [1.54, 1.807) is 60.9 Å². The second-order valence-electron chi connectivity index (χ2n) is 8.35. The lowest BCUT2D eigenvalue weighted by atomic mass is 10.1. The Morgan fingerprint density at radius 2 is 1.95 bits per heavy atom. The predicted molar refractivity (Wildman–Crippen MR) is 142 cm³/mol. The summed E-state index contributed by atoms with van der Waals surface area (Å²) in [6.45, 7) is 0.521. The number of carbonyl (C=O) groups excluding carboxylic acids is 2. The SMILES string of the molecule is Nc1ccccc1NC(=O)c1ccc(OCCN(C=O)c2cc3cccc(Cc4ncc[nH]4)c3o2)cc1. The lowest BCUT2D eigenvalue weighted by molar-refractivity contribution is -0.107. The molecule has 0 unspecified atom stereocenters. The Kier molecular flexibility index (Phi) is 6.84. The van der Waals surface area contributed by atoms with Crippen LogP contribution in [0.25, 0.3) is 11.0 Å². The van der Waals surface area contributed by atoms with Crippen LogP contribution in [0.3, 0.4) is 0 Å². The van der Waals surface area contributed by atoms with Gasteiger partial charge >= 0.3 is 0 Å². The predicted octanol–water partition coefficient (Wildman–Crippen LogP) is 4.62. The average Bonchev–Trinajstić information content (AvgIpc) is 3.59. The van der Waals surface area contributed by atoms with E-state index in [4.69, 9.17) is 14.9 Å². The second-order valence-corrected chi connectivity index (χ2v) is 8.35. The number of amides is 2. The molecule has 5 rings (SSSR count). The number of carbonyl (C=O) groups is 2. The zero-order valence-electron chi connectivity index (χ0n) is 19.9. The van der Waals surface area contributed by atoms with Crippen molar-refractivity contribution in [3.8, 4) is 5.75 Å². The average molecular weight is 496 g/mol. The number of imidazole rings is 1. The largest absolute Gasteiger partial charge is 0.492 e. The first-order valence-electron chi connectivity index (χ1n) is 11.7. The van der Waals surface area contributed by atoms with Gasteiger partial charge in [0.1, 0.15) is 23.8 Å². The van der Waals surface area contributed by atoms with E-state index in [2.05, 4.69) is 15.3 Å². The molecule has 9 nitrogen and oxygen atoms in total. The molecular weight excluding hydrogens is 470 g/mol. The molecule has 2 heterocycles. The second kappa shape index (κ2) is 10.7. The topological polar surface area (TPSA) is 126 Å². The van der Waals surface area contributed by atoms with Crippen LogP contribution in [0.15, 0.2) is 89.6 Å². The van der Waals surface area contributed by atoms with Gasteiger partial charge in [0.25, 0.3) is 5.91 Å². The van der Waals surface area contributed by atoms with Crippen LogP contribution in [0.5, 0.6) is 5.75 Å². The van der Waals surface area contributed by atoms with Crippen molar-refractivity contribution in [2.75, 3.05) is 29.1 Å². The molecule has 3 aromatic carbocycles. The van der Waals surface area contributed by atoms with E-state index in [-0.39, 0.29) is 19.1 Å². The first-order chi connectivity index (χ1) is 18.1. The van der Waals surface area contributed by atoms with Crippen molar-refractivity contribution >= 4 is 40.5 Å². The number of hydrogen-bond donors (Lipinski definition) is 3. The standard InChI is InChI=1S/C28H25N5O4/c29-23-6-1-2-7-24(23)32-28(35)19-8-10-22(11-9-19)36-15-14-33(18-34)26-17-21-5-3-4-20(27(21)37-26)16-25-30-12-13-31-25/h1-13,17-18H,14-16,29H2,(H,30,31)(H,32,35). The molecule has 186 valence electrons. The van der Waals surface area contributed by atoms with Gasteiger partial charge in [0.2, 0.25) is 12.3 Å². The molecule has 0 atom stereocenters. The van der Waals surface area contributed by atoms with Gasteiger partial charge in [-0.2, -0.15) is 0 Å². The number of ether oxygens (including phenoxy) is 1. The summed E-state index contributed by atoms with van der Waals surface area (Å²) in [6.07, 6.45) is 4.80. The van der Waals surface area contributed by atoms with E-state index in [0.717, 1.165) is 23.2 Å². The summed E-state index contributed by atoms with van der Waals surface area (Å²) in [4.78, 5) is 33.1. The maximum absolute atomic E-state index is 12.5. The Morgan fingerprint density at radius 3 is 2.70 bits per heavy atom. The number of nitrogens with zero attached hydrogens (tertiary/aromatic N) is 2. The van der Waals surface area contributed by atoms with Gasteiger partial charge in [-0.25, -0.2) is 4.98 Å². The Labute approximate surface area is 212 Å². The minimum absolute atomic E-state index is 0.237. The molecule has 0 bridgehead atoms. The maximum Gasteiger partial charge on any atom is 0.255 e. The Bertz CT molecular complexity index is 1510. The van der Waals surface area contributed by atoms with Gasteiger partial charge < -0.3 is 25.2 Å². The van der Waals surface area contributed by atoms with Gasteiger partial charge in [0.05, 0.1) is 17.9 Å². The van der Waals surface area contributed by atoms with Gasteiger partial charge in [0, 0.05) is 41.4 Å². The Morgan fingerprint density at radius 1 is 1.11 bits per heavy atom. The van der Waals surface area contributed by atoms with Crippen LogP contribution in [-0.2, 0) is 11.2 Å². The maximum atomic E-state index is 12.5. The summed E-state index contributed by atoms with van der Waals surface area (Å²) in [5.74, 6) is 1.58. The van der Waals surface area contributed by atoms with Crippen molar-refractivity contribution in [1.82, 2.24) is 9.97 Å². The number of benzene rings is 3. The quantitative estimate of drug-likeness (QED) is 0.192. The number of nitrogens with one attached hydrogen (secondary N) is 2. The zero-order chi connectivity index (χ0) is 25.6. The van der Waals surface area contributed by atoms with Crippen LogP contribution < -0.4 is 20.7 Å². The highest BCUT2D eigenvalue weighted by atomic mass is 16.5. The highest BCUT2D eigenvalue weighted by molar-refractivity contribution is 6.05. The molecule has 4 N–H and O–H groups in total. The third-order valence-electron chi connectivity index (χ3n) is 5.86. The molecule has 0 saturated carbocycles. The lowest BCUT2D eigenvalue weighted by Crippen LogP contribution is -2.26. The Hall–Kier alpha value is -5.05. The van der Waals surface area contributed by atoms with Gasteiger partial charge in [-0.15, -0.1) is 0 Å². The van der Waals surface area contributed by atoms with Crippen LogP contribution in [0.1, 0.15) is 21.7 Å². The summed E-state index contributed by atoms with van der Waals surface area (Å²) in [5, 5.41) is 3.69. The molecule has 0 saturated heterocycles. The van der Waals surface area contributed by atoms with Gasteiger partial charge in [-0.1, -0.05) is 30.3 Å². The fourth-order valence-corrected chi connectivity index (χ4v) is 3.95. The van der Waals surface area contributed by atoms with E-state index >= 15 is 0 Å². The lowest BCUT2D eigenvalue weighted by Gasteiger charge is -2.15. The van der Waals surface area contributed by atoms with Gasteiger partial charge in [0.15, 0.2) is 0 Å². The highest BCUT2D eigenvalue weighted by Gasteiger charge is 2.15. The highest BCUT2D eigenvalue weighted by Crippen LogP contribution is 2.29. The molecule has 0 radical (unpaired) electrons. The van der Waals surface area contributed by atoms with Gasteiger partial charge in [-0.05, 0) is 36.4 Å². The molecule has 0 spiro atoms. The molecule has 0 fully saturated rings. The summed E-state index contributed by atoms with van der Waals surface area (Å²) in [5.41, 5.74) is 9.09. The molecule has 0 aliphatic carbocycles. The number of para-hydroxylation sites is 3. The fraction of sp³-hybridized carbons (Fsp3) is 0.107. The number of anilines is 3. The van der Waals surface area contributed by atoms with Crippen molar-refractivity contribution in [3.05, 3.63) is 102 Å². The summed E-state index contributed by atoms with van der Waals surface area (Å²) in [6, 6.07) is 21.5. The molecule has 0 aliphatic heterocycles. The third-order valence-corrected chi connectivity index (χ3v) is 5.86. The Balaban J connectivity index is 1.19. The summed E-state index contributed by atoms with van der Waals surface area (Å²) in [7, 11) is 0. The summed E-state index contributed by atoms with van der Waals surface area (Å²) >= 11 is 0. The minimum atomic E-state index is -0.270. The number of rotatable bonds is 10. The fourth-order valence-electron chi connectivity index (χ4n) is 3.95. The smallest absolute Gasteiger partial charge is 0.255 e. The minimum Gasteiger partial charge on any atom is -0.492 e. The first-order valence-corrected chi connectivity index (χ1v) is 11.7. The number of nitrogens with two attached hydrogens (primary N) is 1. The van der Waals surface area contributed by atoms with Crippen molar-refractivity contribution < 1.29 is 18.7 Å².